The van der Waals surface area contributed by atoms with Crippen LogP contribution in [0.3, 0.4) is 0 Å². The van der Waals surface area contributed by atoms with Crippen LogP contribution in [0.15, 0.2) is 9.98 Å². The number of hydrogen-bond donors (Lipinski definition) is 2. The van der Waals surface area contributed by atoms with Crippen LogP contribution in [0.2, 0.25) is 31.7 Å². The van der Waals surface area contributed by atoms with E-state index in [0.717, 1.165) is 12.0 Å². The minimum Gasteiger partial charge on any atom is -0.388 e. The Balaban J connectivity index is 2.58. The standard InChI is InChI=1S/C9H20N4OSi2/c1-5-15(14)6-8-10-7-11-9(12-8)13-16(2,3)4/h7-8H,5-6H2,1-4H3,(H2,10,11,12,13). The Morgan fingerprint density at radius 2 is 2.25 bits per heavy atom. The molecule has 0 bridgehead atoms. The van der Waals surface area contributed by atoms with E-state index in [0.29, 0.717) is 6.04 Å². The van der Waals surface area contributed by atoms with Gasteiger partial charge in [-0.15, -0.1) is 0 Å². The molecule has 1 aliphatic heterocycles. The molecule has 0 saturated carbocycles. The summed E-state index contributed by atoms with van der Waals surface area (Å²) in [5.74, 6) is 0.769. The highest BCUT2D eigenvalue weighted by atomic mass is 28.3. The highest BCUT2D eigenvalue weighted by Crippen LogP contribution is 2.06. The lowest BCUT2D eigenvalue weighted by atomic mass is 10.6. The lowest BCUT2D eigenvalue weighted by molar-refractivity contribution is 0.552. The molecule has 2 N–H and O–H groups in total. The first-order valence-corrected chi connectivity index (χ1v) is 10.9. The van der Waals surface area contributed by atoms with Gasteiger partial charge in [0, 0.05) is 6.04 Å². The van der Waals surface area contributed by atoms with Crippen molar-refractivity contribution in [3.05, 3.63) is 0 Å². The number of hydrogen-bond acceptors (Lipinski definition) is 5. The second-order valence-electron chi connectivity index (χ2n) is 4.85. The Labute approximate surface area is 99.2 Å². The third kappa shape index (κ3) is 4.80. The van der Waals surface area contributed by atoms with Crippen molar-refractivity contribution in [2.75, 3.05) is 0 Å². The van der Waals surface area contributed by atoms with Gasteiger partial charge in [0.1, 0.15) is 14.4 Å². The molecule has 1 atom stereocenters. The zero-order valence-corrected chi connectivity index (χ0v) is 12.4. The topological polar surface area (TPSA) is 65.8 Å². The van der Waals surface area contributed by atoms with Crippen molar-refractivity contribution in [1.82, 2.24) is 10.3 Å². The molecular weight excluding hydrogens is 236 g/mol. The van der Waals surface area contributed by atoms with Gasteiger partial charge in [0.2, 0.25) is 0 Å². The van der Waals surface area contributed by atoms with E-state index in [1.807, 2.05) is 6.92 Å². The maximum atomic E-state index is 11.5. The van der Waals surface area contributed by atoms with Gasteiger partial charge in [-0.25, -0.2) is 9.98 Å². The highest BCUT2D eigenvalue weighted by Gasteiger charge is 2.19. The van der Waals surface area contributed by atoms with Crippen LogP contribution >= 0.6 is 0 Å². The zero-order chi connectivity index (χ0) is 12.2. The minimum absolute atomic E-state index is 0.175. The first-order chi connectivity index (χ1) is 7.40. The van der Waals surface area contributed by atoms with Crippen LogP contribution in [-0.4, -0.2) is 35.4 Å². The van der Waals surface area contributed by atoms with Gasteiger partial charge in [0.05, 0.1) is 6.34 Å². The van der Waals surface area contributed by atoms with Gasteiger partial charge in [0.15, 0.2) is 5.96 Å². The van der Waals surface area contributed by atoms with Crippen LogP contribution in [-0.2, 0) is 4.46 Å². The molecule has 0 amide bonds. The van der Waals surface area contributed by atoms with Gasteiger partial charge >= 0.3 is 0 Å². The summed E-state index contributed by atoms with van der Waals surface area (Å²) in [4.78, 5) is 12.0. The first-order valence-electron chi connectivity index (χ1n) is 5.56. The summed E-state index contributed by atoms with van der Waals surface area (Å²) in [6, 6.07) is 1.31. The molecule has 0 aromatic rings. The van der Waals surface area contributed by atoms with Gasteiger partial charge in [-0.05, 0) is 6.04 Å². The van der Waals surface area contributed by atoms with Crippen molar-refractivity contribution in [3.8, 4) is 0 Å². The summed E-state index contributed by atoms with van der Waals surface area (Å²) in [6.45, 7) is 8.55. The Bertz CT molecular complexity index is 322. The average molecular weight is 256 g/mol. The van der Waals surface area contributed by atoms with Crippen molar-refractivity contribution >= 4 is 29.2 Å². The maximum Gasteiger partial charge on any atom is 0.280 e. The van der Waals surface area contributed by atoms with E-state index in [1.54, 1.807) is 6.34 Å². The molecule has 0 saturated heterocycles. The van der Waals surface area contributed by atoms with E-state index in [4.69, 9.17) is 0 Å². The maximum absolute atomic E-state index is 11.5. The minimum atomic E-state index is -1.51. The third-order valence-corrected chi connectivity index (χ3v) is 4.62. The molecule has 7 heteroatoms. The molecule has 0 aliphatic carbocycles. The molecule has 5 nitrogen and oxygen atoms in total. The van der Waals surface area contributed by atoms with Crippen molar-refractivity contribution in [2.45, 2.75) is 44.8 Å². The molecule has 1 unspecified atom stereocenters. The lowest BCUT2D eigenvalue weighted by Gasteiger charge is -2.23. The third-order valence-electron chi connectivity index (χ3n) is 2.02. The molecule has 0 fully saturated rings. The van der Waals surface area contributed by atoms with Crippen LogP contribution in [0, 0.1) is 0 Å². The van der Waals surface area contributed by atoms with Gasteiger partial charge in [-0.2, -0.15) is 0 Å². The average Bonchev–Trinajstić information content (AvgIpc) is 2.15. The van der Waals surface area contributed by atoms with Crippen LogP contribution < -0.4 is 10.3 Å². The highest BCUT2D eigenvalue weighted by molar-refractivity contribution is 6.75. The Hall–Kier alpha value is -0.826. The normalized spacial score (nSPS) is 20.0. The molecule has 0 aromatic carbocycles. The second kappa shape index (κ2) is 5.49. The number of rotatable bonds is 4. The molecule has 0 aromatic heterocycles. The lowest BCUT2D eigenvalue weighted by Crippen LogP contribution is -2.52. The number of guanidine groups is 1. The quantitative estimate of drug-likeness (QED) is 0.742. The Kier molecular flexibility index (Phi) is 4.54. The van der Waals surface area contributed by atoms with E-state index >= 15 is 0 Å². The van der Waals surface area contributed by atoms with Crippen LogP contribution in [0.1, 0.15) is 6.92 Å². The molecule has 0 spiro atoms. The van der Waals surface area contributed by atoms with Crippen molar-refractivity contribution in [1.29, 1.82) is 0 Å². The molecule has 90 valence electrons. The smallest absolute Gasteiger partial charge is 0.280 e. The van der Waals surface area contributed by atoms with Gasteiger partial charge in [-0.1, -0.05) is 26.6 Å². The van der Waals surface area contributed by atoms with Crippen molar-refractivity contribution in [2.24, 2.45) is 9.98 Å². The van der Waals surface area contributed by atoms with Crippen LogP contribution in [0.5, 0.6) is 0 Å². The largest absolute Gasteiger partial charge is 0.388 e. The Morgan fingerprint density at radius 1 is 1.56 bits per heavy atom. The monoisotopic (exact) mass is 256 g/mol. The van der Waals surface area contributed by atoms with E-state index in [2.05, 4.69) is 39.9 Å². The molecule has 16 heavy (non-hydrogen) atoms. The summed E-state index contributed by atoms with van der Waals surface area (Å²) in [5.41, 5.74) is 0. The summed E-state index contributed by atoms with van der Waals surface area (Å²) < 4.78 is 11.5. The molecule has 1 aliphatic rings. The van der Waals surface area contributed by atoms with Crippen molar-refractivity contribution in [3.63, 3.8) is 0 Å². The molecule has 0 radical (unpaired) electrons. The fourth-order valence-electron chi connectivity index (χ4n) is 1.27. The Morgan fingerprint density at radius 3 is 2.81 bits per heavy atom. The van der Waals surface area contributed by atoms with Gasteiger partial charge in [0.25, 0.3) is 8.68 Å². The number of nitrogens with one attached hydrogen (secondary N) is 2. The predicted molar refractivity (Wildman–Crippen MR) is 71.1 cm³/mol. The van der Waals surface area contributed by atoms with E-state index in [-0.39, 0.29) is 6.17 Å². The van der Waals surface area contributed by atoms with Crippen molar-refractivity contribution < 1.29 is 4.46 Å². The molecule has 1 rings (SSSR count). The van der Waals surface area contributed by atoms with Gasteiger partial charge < -0.3 is 14.8 Å². The number of nitrogens with zero attached hydrogens (tertiary/aromatic N) is 2. The predicted octanol–water partition coefficient (Wildman–Crippen LogP) is 1.17. The molecule has 1 heterocycles. The second-order valence-corrected chi connectivity index (χ2v) is 11.8. The van der Waals surface area contributed by atoms with Crippen LogP contribution in [0.4, 0.5) is 0 Å². The first kappa shape index (κ1) is 13.2. The summed E-state index contributed by atoms with van der Waals surface area (Å²) in [6.07, 6.45) is 1.47. The fourth-order valence-corrected chi connectivity index (χ4v) is 3.01. The summed E-state index contributed by atoms with van der Waals surface area (Å²) in [5, 5.41) is 2.99. The van der Waals surface area contributed by atoms with E-state index in [9.17, 15) is 4.46 Å². The summed E-state index contributed by atoms with van der Waals surface area (Å²) >= 11 is 0. The number of aliphatic imine (C=N–C) groups is 2. The van der Waals surface area contributed by atoms with Crippen LogP contribution in [0.25, 0.3) is 0 Å². The van der Waals surface area contributed by atoms with E-state index < -0.39 is 16.9 Å². The van der Waals surface area contributed by atoms with Gasteiger partial charge in [-0.3, -0.25) is 0 Å². The fraction of sp³-hybridized carbons (Fsp3) is 0.778. The zero-order valence-electron chi connectivity index (χ0n) is 10.4. The SMILES string of the molecule is CC[Si](=O)CC1N=CNC(N[Si](C)(C)C)=N1. The molecular formula is C9H20N4OSi2. The van der Waals surface area contributed by atoms with E-state index in [1.165, 1.54) is 0 Å². The summed E-state index contributed by atoms with van der Waals surface area (Å²) in [7, 11) is -2.91.